The van der Waals surface area contributed by atoms with Gasteiger partial charge >= 0.3 is 16.3 Å². The highest BCUT2D eigenvalue weighted by molar-refractivity contribution is 7.84. The first-order valence-corrected chi connectivity index (χ1v) is 11.8. The summed E-state index contributed by atoms with van der Waals surface area (Å²) in [5, 5.41) is 25.6. The van der Waals surface area contributed by atoms with Gasteiger partial charge in [0.1, 0.15) is 11.7 Å². The van der Waals surface area contributed by atoms with E-state index in [1.54, 1.807) is 0 Å². The summed E-state index contributed by atoms with van der Waals surface area (Å²) >= 11 is 0.980. The number of imidazole rings is 1. The highest BCUT2D eigenvalue weighted by Crippen LogP contribution is 2.23. The highest BCUT2D eigenvalue weighted by Gasteiger charge is 2.51. The molecule has 196 valence electrons. The van der Waals surface area contributed by atoms with Gasteiger partial charge in [0, 0.05) is 5.38 Å². The van der Waals surface area contributed by atoms with Crippen molar-refractivity contribution in [3.63, 3.8) is 0 Å². The molecule has 3 heterocycles. The van der Waals surface area contributed by atoms with Crippen molar-refractivity contribution in [1.82, 2.24) is 24.3 Å². The van der Waals surface area contributed by atoms with Crippen molar-refractivity contribution in [3.05, 3.63) is 39.9 Å². The van der Waals surface area contributed by atoms with Crippen LogP contribution in [0.1, 0.15) is 26.5 Å². The number of carbonyl (C=O) groups is 3. The first-order valence-electron chi connectivity index (χ1n) is 9.51. The Bertz CT molecular complexity index is 1290. The summed E-state index contributed by atoms with van der Waals surface area (Å²) in [6.07, 6.45) is 3.74. The number of hydrogen-bond donors (Lipinski definition) is 4. The van der Waals surface area contributed by atoms with Crippen LogP contribution in [0.15, 0.2) is 29.3 Å². The fourth-order valence-electron chi connectivity index (χ4n) is 2.46. The molecule has 18 nitrogen and oxygen atoms in total. The molecule has 0 unspecified atom stereocenters. The lowest BCUT2D eigenvalue weighted by Gasteiger charge is -2.42. The van der Waals surface area contributed by atoms with Crippen molar-refractivity contribution in [2.24, 2.45) is 5.16 Å². The first-order chi connectivity index (χ1) is 16.6. The number of nitrogens with two attached hydrogens (primary N) is 1. The van der Waals surface area contributed by atoms with Crippen LogP contribution in [-0.4, -0.2) is 83.2 Å². The topological polar surface area (TPSA) is 263 Å². The molecule has 3 rings (SSSR count). The van der Waals surface area contributed by atoms with E-state index in [-0.39, 0.29) is 15.1 Å². The maximum absolute atomic E-state index is 12.6. The number of anilines is 1. The number of aromatic nitrogens is 3. The van der Waals surface area contributed by atoms with Crippen LogP contribution in [-0.2, 0) is 29.5 Å². The second kappa shape index (κ2) is 10.6. The molecule has 0 bridgehead atoms. The van der Waals surface area contributed by atoms with E-state index >= 15 is 0 Å². The predicted octanol–water partition coefficient (Wildman–Crippen LogP) is -1.25. The lowest BCUT2D eigenvalue weighted by molar-refractivity contribution is -0.542. The number of hydrogen-bond acceptors (Lipinski definition) is 13. The second-order valence-corrected chi connectivity index (χ2v) is 9.58. The Labute approximate surface area is 206 Å². The Morgan fingerprint density at radius 3 is 2.44 bits per heavy atom. The van der Waals surface area contributed by atoms with Gasteiger partial charge in [-0.05, 0) is 20.8 Å². The molecule has 2 aromatic rings. The quantitative estimate of drug-likeness (QED) is 0.0988. The number of carboxylic acids is 1. The van der Waals surface area contributed by atoms with Gasteiger partial charge in [-0.25, -0.2) is 29.2 Å². The largest absolute Gasteiger partial charge is 0.478 e. The van der Waals surface area contributed by atoms with E-state index in [9.17, 15) is 32.9 Å². The van der Waals surface area contributed by atoms with Gasteiger partial charge in [-0.15, -0.1) is 11.3 Å². The highest BCUT2D eigenvalue weighted by atomic mass is 32.2. The molecular formula is C16H20N8O10S2. The molecule has 0 aromatic carbocycles. The normalized spacial score (nSPS) is 17.9. The molecule has 5 N–H and O–H groups in total. The fourth-order valence-corrected chi connectivity index (χ4v) is 3.89. The number of β-lactam (4-membered cyclic amide) rings is 1. The molecular weight excluding hydrogens is 528 g/mol. The number of carbonyl (C=O) groups excluding carboxylic acids is 2. The third kappa shape index (κ3) is 6.49. The third-order valence-corrected chi connectivity index (χ3v) is 6.09. The summed E-state index contributed by atoms with van der Waals surface area (Å²) in [6.45, 7) is 3.69. The van der Waals surface area contributed by atoms with E-state index in [0.717, 1.165) is 22.3 Å². The van der Waals surface area contributed by atoms with Crippen molar-refractivity contribution < 1.29 is 42.3 Å². The molecule has 20 heteroatoms. The Kier molecular flexibility index (Phi) is 8.28. The smallest absolute Gasteiger partial charge is 0.362 e. The zero-order chi connectivity index (χ0) is 27.4. The van der Waals surface area contributed by atoms with Crippen molar-refractivity contribution in [1.29, 1.82) is 0 Å². The summed E-state index contributed by atoms with van der Waals surface area (Å²) in [7, 11) is -4.76. The van der Waals surface area contributed by atoms with Gasteiger partial charge in [-0.2, -0.15) is 8.42 Å². The zero-order valence-electron chi connectivity index (χ0n) is 18.7. The maximum Gasteiger partial charge on any atom is 0.362 e. The summed E-state index contributed by atoms with van der Waals surface area (Å²) in [6, 6.07) is -2.31. The van der Waals surface area contributed by atoms with Gasteiger partial charge in [0.15, 0.2) is 22.2 Å². The summed E-state index contributed by atoms with van der Waals surface area (Å²) in [5.74, 6) is -3.38. The minimum absolute atomic E-state index is 0.0350. The van der Waals surface area contributed by atoms with E-state index in [2.05, 4.69) is 20.4 Å². The number of carboxylic acid groups (broad SMARTS) is 1. The van der Waals surface area contributed by atoms with Gasteiger partial charge in [0.05, 0.1) is 18.4 Å². The van der Waals surface area contributed by atoms with Gasteiger partial charge < -0.3 is 21.0 Å². The van der Waals surface area contributed by atoms with Crippen molar-refractivity contribution in [2.75, 3.05) is 5.73 Å². The van der Waals surface area contributed by atoms with Crippen molar-refractivity contribution >= 4 is 50.3 Å². The van der Waals surface area contributed by atoms with Gasteiger partial charge in [-0.3, -0.25) is 14.1 Å². The van der Waals surface area contributed by atoms with Crippen LogP contribution < -0.4 is 11.1 Å². The number of thiazole rings is 1. The average Bonchev–Trinajstić information content (AvgIpc) is 3.44. The molecule has 0 radical (unpaired) electrons. The molecule has 2 aromatic heterocycles. The second-order valence-electron chi connectivity index (χ2n) is 7.40. The fraction of sp³-hybridized carbons (Fsp3) is 0.375. The number of nitro groups is 1. The van der Waals surface area contributed by atoms with Gasteiger partial charge in [-0.1, -0.05) is 9.83 Å². The van der Waals surface area contributed by atoms with Crippen LogP contribution in [0.25, 0.3) is 0 Å². The predicted molar refractivity (Wildman–Crippen MR) is 120 cm³/mol. The summed E-state index contributed by atoms with van der Waals surface area (Å²) < 4.78 is 32.2. The number of rotatable bonds is 8. The summed E-state index contributed by atoms with van der Waals surface area (Å²) in [4.78, 5) is 57.7. The number of nitrogens with one attached hydrogen (secondary N) is 1. The number of oxime groups is 1. The van der Waals surface area contributed by atoms with Crippen LogP contribution in [0.5, 0.6) is 0 Å². The minimum Gasteiger partial charge on any atom is -0.478 e. The Balaban J connectivity index is 0.000000482. The van der Waals surface area contributed by atoms with Crippen LogP contribution in [0.4, 0.5) is 5.13 Å². The minimum atomic E-state index is -4.76. The molecule has 0 aliphatic carbocycles. The molecule has 1 aliphatic rings. The van der Waals surface area contributed by atoms with Gasteiger partial charge in [0.25, 0.3) is 11.8 Å². The molecule has 0 spiro atoms. The molecule has 1 aliphatic heterocycles. The first kappa shape index (κ1) is 28.1. The van der Waals surface area contributed by atoms with Crippen molar-refractivity contribution in [3.8, 4) is 0 Å². The molecule has 1 saturated heterocycles. The lowest BCUT2D eigenvalue weighted by atomic mass is 10.0. The molecule has 2 amide bonds. The van der Waals surface area contributed by atoms with Crippen LogP contribution in [0, 0.1) is 10.1 Å². The third-order valence-electron chi connectivity index (χ3n) is 4.41. The summed E-state index contributed by atoms with van der Waals surface area (Å²) in [5.41, 5.74) is 3.26. The maximum atomic E-state index is 12.6. The Hall–Kier alpha value is -4.17. The Morgan fingerprint density at radius 2 is 2.06 bits per heavy atom. The van der Waals surface area contributed by atoms with Crippen LogP contribution in [0.2, 0.25) is 0 Å². The molecule has 0 saturated carbocycles. The van der Waals surface area contributed by atoms with E-state index in [1.165, 1.54) is 38.5 Å². The Morgan fingerprint density at radius 1 is 1.42 bits per heavy atom. The molecule has 1 fully saturated rings. The van der Waals surface area contributed by atoms with E-state index in [0.29, 0.717) is 0 Å². The zero-order valence-corrected chi connectivity index (χ0v) is 20.3. The van der Waals surface area contributed by atoms with Crippen LogP contribution in [0.3, 0.4) is 0 Å². The van der Waals surface area contributed by atoms with Gasteiger partial charge in [0.2, 0.25) is 5.60 Å². The SMILES string of the molecule is C[C@H]1[C@H](NC(=O)/C(=N\OC(C)(C)C(=O)O)c2csc(N)n2)C(=O)N1S(=O)(=O)O.O=[N+]([O-])n1ccnc1. The monoisotopic (exact) mass is 548 g/mol. The lowest BCUT2D eigenvalue weighted by Crippen LogP contribution is -2.71. The number of nitrogens with zero attached hydrogens (tertiary/aromatic N) is 6. The number of aliphatic carboxylic acids is 1. The van der Waals surface area contributed by atoms with Crippen molar-refractivity contribution in [2.45, 2.75) is 38.5 Å². The molecule has 36 heavy (non-hydrogen) atoms. The average molecular weight is 549 g/mol. The van der Waals surface area contributed by atoms with E-state index in [1.807, 2.05) is 0 Å². The number of amides is 2. The number of nitrogen functional groups attached to an aromatic ring is 1. The van der Waals surface area contributed by atoms with Crippen LogP contribution >= 0.6 is 11.3 Å². The standard InChI is InChI=1S/C13H17N5O8S2.C3H3N3O2/c1-5-7(10(20)18(5)28(23,24)25)16-9(19)8(6-4-27-12(14)15-6)17-26-13(2,3)11(21)22;7-6(8)5-2-1-4-3-5/h4-5,7H,1-3H3,(H2,14,15)(H,16,19)(H,21,22)(H,23,24,25);1-3H/b17-8-;/t5-,7-;/m0./s1. The molecule has 2 atom stereocenters. The van der Waals surface area contributed by atoms with E-state index in [4.69, 9.17) is 20.2 Å². The van der Waals surface area contributed by atoms with E-state index < -0.39 is 56.5 Å².